The Labute approximate surface area is 144 Å². The van der Waals surface area contributed by atoms with Crippen molar-refractivity contribution in [2.24, 2.45) is 5.73 Å². The van der Waals surface area contributed by atoms with E-state index in [1.165, 1.54) is 0 Å². The maximum absolute atomic E-state index is 12.9. The molecule has 0 saturated carbocycles. The van der Waals surface area contributed by atoms with Crippen molar-refractivity contribution >= 4 is 16.8 Å². The predicted octanol–water partition coefficient (Wildman–Crippen LogP) is 2.78. The highest BCUT2D eigenvalue weighted by Crippen LogP contribution is 2.39. The number of nitrogens with two attached hydrogens (primary N) is 1. The van der Waals surface area contributed by atoms with Gasteiger partial charge < -0.3 is 5.73 Å². The Morgan fingerprint density at radius 2 is 1.72 bits per heavy atom. The first kappa shape index (κ1) is 15.1. The van der Waals surface area contributed by atoms with E-state index in [1.54, 1.807) is 18.6 Å². The lowest BCUT2D eigenvalue weighted by atomic mass is 9.69. The third-order valence-electron chi connectivity index (χ3n) is 4.54. The number of aromatic nitrogens is 3. The molecule has 122 valence electrons. The molecule has 0 saturated heterocycles. The second kappa shape index (κ2) is 5.87. The lowest BCUT2D eigenvalue weighted by Crippen LogP contribution is -2.43. The zero-order valence-corrected chi connectivity index (χ0v) is 13.4. The monoisotopic (exact) mass is 328 g/mol. The number of benzene rings is 2. The summed E-state index contributed by atoms with van der Waals surface area (Å²) >= 11 is 0. The van der Waals surface area contributed by atoms with Crippen molar-refractivity contribution in [2.45, 2.75) is 5.41 Å². The van der Waals surface area contributed by atoms with Gasteiger partial charge in [-0.15, -0.1) is 0 Å². The van der Waals surface area contributed by atoms with Crippen molar-refractivity contribution in [1.82, 2.24) is 15.2 Å². The van der Waals surface area contributed by atoms with Crippen LogP contribution in [0, 0.1) is 0 Å². The normalized spacial score (nSPS) is 13.4. The molecule has 0 spiro atoms. The van der Waals surface area contributed by atoms with Gasteiger partial charge in [0, 0.05) is 17.8 Å². The summed E-state index contributed by atoms with van der Waals surface area (Å²) in [6.45, 7) is 0. The van der Waals surface area contributed by atoms with Gasteiger partial charge >= 0.3 is 0 Å². The van der Waals surface area contributed by atoms with Gasteiger partial charge in [-0.1, -0.05) is 42.5 Å². The third kappa shape index (κ3) is 2.29. The lowest BCUT2D eigenvalue weighted by molar-refractivity contribution is -0.120. The maximum Gasteiger partial charge on any atom is 0.237 e. The van der Waals surface area contributed by atoms with E-state index in [4.69, 9.17) is 5.73 Å². The fourth-order valence-electron chi connectivity index (χ4n) is 3.38. The van der Waals surface area contributed by atoms with E-state index >= 15 is 0 Å². The topological polar surface area (TPSA) is 84.7 Å². The van der Waals surface area contributed by atoms with E-state index in [9.17, 15) is 4.79 Å². The Morgan fingerprint density at radius 3 is 2.44 bits per heavy atom. The number of fused-ring (bicyclic) bond motifs is 1. The van der Waals surface area contributed by atoms with E-state index in [0.29, 0.717) is 0 Å². The first-order valence-electron chi connectivity index (χ1n) is 7.92. The van der Waals surface area contributed by atoms with Crippen LogP contribution in [-0.2, 0) is 10.2 Å². The molecule has 4 rings (SSSR count). The molecule has 2 aromatic heterocycles. The zero-order valence-electron chi connectivity index (χ0n) is 13.4. The van der Waals surface area contributed by atoms with Crippen LogP contribution in [0.5, 0.6) is 0 Å². The quantitative estimate of drug-likeness (QED) is 0.604. The minimum absolute atomic E-state index is 0.449. The molecule has 1 unspecified atom stereocenters. The molecule has 5 heteroatoms. The molecule has 5 nitrogen and oxygen atoms in total. The molecule has 0 aliphatic carbocycles. The number of rotatable bonds is 4. The van der Waals surface area contributed by atoms with Gasteiger partial charge in [0.1, 0.15) is 5.41 Å². The van der Waals surface area contributed by atoms with Gasteiger partial charge in [0.25, 0.3) is 0 Å². The SMILES string of the molecule is NC(=O)C(c1ccccc1)(c1cccnc1)c1ccc2[nH]ncc2c1. The Bertz CT molecular complexity index is 986. The molecule has 1 atom stereocenters. The van der Waals surface area contributed by atoms with Gasteiger partial charge in [-0.05, 0) is 34.9 Å². The van der Waals surface area contributed by atoms with Crippen LogP contribution in [0.25, 0.3) is 10.9 Å². The third-order valence-corrected chi connectivity index (χ3v) is 4.54. The van der Waals surface area contributed by atoms with Crippen LogP contribution in [-0.4, -0.2) is 21.1 Å². The zero-order chi connectivity index (χ0) is 17.3. The number of hydrogen-bond donors (Lipinski definition) is 2. The Balaban J connectivity index is 2.08. The average molecular weight is 328 g/mol. The first-order valence-corrected chi connectivity index (χ1v) is 7.92. The first-order chi connectivity index (χ1) is 12.2. The van der Waals surface area contributed by atoms with Gasteiger partial charge in [0.15, 0.2) is 0 Å². The van der Waals surface area contributed by atoms with Crippen molar-refractivity contribution in [3.8, 4) is 0 Å². The fraction of sp³-hybridized carbons (Fsp3) is 0.0500. The van der Waals surface area contributed by atoms with Crippen molar-refractivity contribution in [3.63, 3.8) is 0 Å². The Kier molecular flexibility index (Phi) is 3.54. The summed E-state index contributed by atoms with van der Waals surface area (Å²) < 4.78 is 0. The van der Waals surface area contributed by atoms with Crippen molar-refractivity contribution in [1.29, 1.82) is 0 Å². The number of carbonyl (C=O) groups is 1. The van der Waals surface area contributed by atoms with Crippen molar-refractivity contribution < 1.29 is 4.79 Å². The molecule has 0 fully saturated rings. The number of nitrogens with one attached hydrogen (secondary N) is 1. The summed E-state index contributed by atoms with van der Waals surface area (Å²) in [5, 5.41) is 7.91. The van der Waals surface area contributed by atoms with Crippen LogP contribution in [0.2, 0.25) is 0 Å². The highest BCUT2D eigenvalue weighted by Gasteiger charge is 2.42. The number of aromatic amines is 1. The molecular formula is C20H16N4O. The second-order valence-corrected chi connectivity index (χ2v) is 5.89. The molecule has 4 aromatic rings. The molecule has 2 heterocycles. The van der Waals surface area contributed by atoms with E-state index in [-0.39, 0.29) is 0 Å². The highest BCUT2D eigenvalue weighted by atomic mass is 16.1. The van der Waals surface area contributed by atoms with E-state index < -0.39 is 11.3 Å². The van der Waals surface area contributed by atoms with Gasteiger partial charge in [-0.3, -0.25) is 14.9 Å². The smallest absolute Gasteiger partial charge is 0.237 e. The molecule has 25 heavy (non-hydrogen) atoms. The number of H-pyrrole nitrogens is 1. The second-order valence-electron chi connectivity index (χ2n) is 5.89. The van der Waals surface area contributed by atoms with Gasteiger partial charge in [0.05, 0.1) is 11.7 Å². The van der Waals surface area contributed by atoms with Crippen molar-refractivity contribution in [2.75, 3.05) is 0 Å². The molecule has 2 aromatic carbocycles. The summed E-state index contributed by atoms with van der Waals surface area (Å²) in [7, 11) is 0. The van der Waals surface area contributed by atoms with Crippen molar-refractivity contribution in [3.05, 3.63) is 95.9 Å². The number of carbonyl (C=O) groups excluding carboxylic acids is 1. The number of primary amides is 1. The number of pyridine rings is 1. The van der Waals surface area contributed by atoms with E-state index in [2.05, 4.69) is 15.2 Å². The summed E-state index contributed by atoms with van der Waals surface area (Å²) in [6, 6.07) is 19.0. The van der Waals surface area contributed by atoms with E-state index in [1.807, 2.05) is 60.7 Å². The van der Waals surface area contributed by atoms with Gasteiger partial charge in [-0.2, -0.15) is 5.10 Å². The number of nitrogens with zero attached hydrogens (tertiary/aromatic N) is 2. The highest BCUT2D eigenvalue weighted by molar-refractivity contribution is 5.96. The molecular weight excluding hydrogens is 312 g/mol. The minimum Gasteiger partial charge on any atom is -0.368 e. The molecule has 0 aliphatic heterocycles. The molecule has 3 N–H and O–H groups in total. The molecule has 1 amide bonds. The van der Waals surface area contributed by atoms with Gasteiger partial charge in [-0.25, -0.2) is 0 Å². The standard InChI is InChI=1S/C20H16N4O/c21-19(25)20(15-5-2-1-3-6-15,17-7-4-10-22-13-17)16-8-9-18-14(11-16)12-23-24-18/h1-13H,(H2,21,25)(H,23,24). The Hall–Kier alpha value is -3.47. The van der Waals surface area contributed by atoms with Gasteiger partial charge in [0.2, 0.25) is 5.91 Å². The Morgan fingerprint density at radius 1 is 0.920 bits per heavy atom. The average Bonchev–Trinajstić information content (AvgIpc) is 3.12. The van der Waals surface area contributed by atoms with Crippen LogP contribution in [0.1, 0.15) is 16.7 Å². The van der Waals surface area contributed by atoms with Crippen LogP contribution in [0.15, 0.2) is 79.3 Å². The maximum atomic E-state index is 12.9. The summed E-state index contributed by atoms with van der Waals surface area (Å²) in [4.78, 5) is 17.1. The van der Waals surface area contributed by atoms with Crippen LogP contribution in [0.3, 0.4) is 0 Å². The lowest BCUT2D eigenvalue weighted by Gasteiger charge is -2.32. The minimum atomic E-state index is -1.12. The number of hydrogen-bond acceptors (Lipinski definition) is 3. The largest absolute Gasteiger partial charge is 0.368 e. The summed E-state index contributed by atoms with van der Waals surface area (Å²) in [5.74, 6) is -0.449. The van der Waals surface area contributed by atoms with E-state index in [0.717, 1.165) is 27.6 Å². The molecule has 0 radical (unpaired) electrons. The molecule has 0 bridgehead atoms. The predicted molar refractivity (Wildman–Crippen MR) is 95.8 cm³/mol. The van der Waals surface area contributed by atoms with Crippen LogP contribution in [0.4, 0.5) is 0 Å². The fourth-order valence-corrected chi connectivity index (χ4v) is 3.38. The summed E-state index contributed by atoms with van der Waals surface area (Å²) in [5.41, 5.74) is 8.10. The van der Waals surface area contributed by atoms with Crippen LogP contribution < -0.4 is 5.73 Å². The number of amides is 1. The summed E-state index contributed by atoms with van der Waals surface area (Å²) in [6.07, 6.45) is 5.11. The van der Waals surface area contributed by atoms with Crippen LogP contribution >= 0.6 is 0 Å². The molecule has 0 aliphatic rings.